The van der Waals surface area contributed by atoms with E-state index in [2.05, 4.69) is 0 Å². The highest BCUT2D eigenvalue weighted by atomic mass is 16.5. The van der Waals surface area contributed by atoms with Crippen LogP contribution >= 0.6 is 0 Å². The molecule has 0 saturated carbocycles. The molecule has 0 spiro atoms. The van der Waals surface area contributed by atoms with E-state index in [1.807, 2.05) is 18.2 Å². The molecule has 1 N–H and O–H groups in total. The third kappa shape index (κ3) is 4.82. The maximum Gasteiger partial charge on any atom is 0.323 e. The van der Waals surface area contributed by atoms with E-state index in [1.54, 1.807) is 19.3 Å². The fourth-order valence-corrected chi connectivity index (χ4v) is 2.59. The zero-order chi connectivity index (χ0) is 16.7. The van der Waals surface area contributed by atoms with Crippen molar-refractivity contribution in [2.24, 2.45) is 0 Å². The van der Waals surface area contributed by atoms with Crippen LogP contribution in [0.15, 0.2) is 30.3 Å². The summed E-state index contributed by atoms with van der Waals surface area (Å²) in [5.74, 6) is -0.673. The Balaban J connectivity index is 2.13. The number of carbonyl (C=O) groups excluding carboxylic acids is 1. The number of carboxylic acid groups (broad SMARTS) is 1. The number of nitrogens with zero attached hydrogens (tertiary/aromatic N) is 1. The van der Waals surface area contributed by atoms with Crippen molar-refractivity contribution in [3.63, 3.8) is 0 Å². The van der Waals surface area contributed by atoms with E-state index in [0.29, 0.717) is 31.8 Å². The predicted octanol–water partition coefficient (Wildman–Crippen LogP) is 1.80. The van der Waals surface area contributed by atoms with Crippen molar-refractivity contribution in [1.29, 1.82) is 0 Å². The lowest BCUT2D eigenvalue weighted by atomic mass is 10.1. The Morgan fingerprint density at radius 2 is 2.04 bits per heavy atom. The number of benzene rings is 1. The van der Waals surface area contributed by atoms with E-state index in [9.17, 15) is 9.59 Å². The van der Waals surface area contributed by atoms with Gasteiger partial charge in [0, 0.05) is 30.9 Å². The van der Waals surface area contributed by atoms with Gasteiger partial charge >= 0.3 is 5.97 Å². The summed E-state index contributed by atoms with van der Waals surface area (Å²) in [5.41, 5.74) is 0.769. The van der Waals surface area contributed by atoms with Crippen LogP contribution in [0.5, 0.6) is 5.75 Å². The first-order valence-corrected chi connectivity index (χ1v) is 7.53. The van der Waals surface area contributed by atoms with Crippen LogP contribution in [0, 0.1) is 0 Å². The molecule has 124 valence electrons. The van der Waals surface area contributed by atoms with Crippen molar-refractivity contribution in [3.05, 3.63) is 35.9 Å². The highest BCUT2D eigenvalue weighted by Gasteiger charge is 2.26. The monoisotopic (exact) mass is 319 g/mol. The van der Waals surface area contributed by atoms with E-state index in [1.165, 1.54) is 11.0 Å². The van der Waals surface area contributed by atoms with E-state index < -0.39 is 5.97 Å². The van der Waals surface area contributed by atoms with Crippen LogP contribution in [-0.4, -0.2) is 54.8 Å². The van der Waals surface area contributed by atoms with Gasteiger partial charge in [0.1, 0.15) is 12.3 Å². The fourth-order valence-electron chi connectivity index (χ4n) is 2.59. The molecular weight excluding hydrogens is 298 g/mol. The number of hydrogen-bond acceptors (Lipinski definition) is 4. The van der Waals surface area contributed by atoms with Gasteiger partial charge < -0.3 is 19.5 Å². The number of methoxy groups -OCH3 is 1. The van der Waals surface area contributed by atoms with Gasteiger partial charge in [-0.2, -0.15) is 0 Å². The molecule has 1 saturated heterocycles. The van der Waals surface area contributed by atoms with Crippen molar-refractivity contribution in [2.75, 3.05) is 26.9 Å². The van der Waals surface area contributed by atoms with Crippen LogP contribution < -0.4 is 4.74 Å². The number of aliphatic carboxylic acids is 1. The Morgan fingerprint density at radius 3 is 2.70 bits per heavy atom. The first-order chi connectivity index (χ1) is 11.1. The first-order valence-electron chi connectivity index (χ1n) is 7.53. The normalized spacial score (nSPS) is 15.5. The summed E-state index contributed by atoms with van der Waals surface area (Å²) >= 11 is 0. The summed E-state index contributed by atoms with van der Waals surface area (Å²) in [6.07, 6.45) is 4.36. The van der Waals surface area contributed by atoms with Gasteiger partial charge in [0.25, 0.3) is 0 Å². The molecule has 1 aliphatic heterocycles. The maximum absolute atomic E-state index is 12.4. The van der Waals surface area contributed by atoms with Crippen LogP contribution in [0.4, 0.5) is 0 Å². The number of amides is 1. The molecule has 2 rings (SSSR count). The molecule has 1 aliphatic rings. The molecule has 1 aromatic carbocycles. The molecule has 0 atom stereocenters. The Bertz CT molecular complexity index is 578. The van der Waals surface area contributed by atoms with Crippen molar-refractivity contribution in [1.82, 2.24) is 4.90 Å². The molecule has 23 heavy (non-hydrogen) atoms. The van der Waals surface area contributed by atoms with Crippen molar-refractivity contribution in [2.45, 2.75) is 18.9 Å². The molecule has 0 unspecified atom stereocenters. The van der Waals surface area contributed by atoms with Crippen LogP contribution in [-0.2, 0) is 14.3 Å². The van der Waals surface area contributed by atoms with Crippen LogP contribution in [0.3, 0.4) is 0 Å². The maximum atomic E-state index is 12.4. The molecule has 0 aromatic heterocycles. The second-order valence-corrected chi connectivity index (χ2v) is 5.28. The molecule has 0 aliphatic carbocycles. The van der Waals surface area contributed by atoms with Gasteiger partial charge in [0.15, 0.2) is 0 Å². The van der Waals surface area contributed by atoms with Crippen LogP contribution in [0.1, 0.15) is 18.4 Å². The SMILES string of the molecule is COc1ccccc1/C=C\C(=O)N(CC(=O)O)C1CCOCC1. The van der Waals surface area contributed by atoms with Gasteiger partial charge in [-0.25, -0.2) is 0 Å². The van der Waals surface area contributed by atoms with Crippen molar-refractivity contribution < 1.29 is 24.2 Å². The number of para-hydroxylation sites is 1. The van der Waals surface area contributed by atoms with Gasteiger partial charge in [0.05, 0.1) is 7.11 Å². The van der Waals surface area contributed by atoms with E-state index in [0.717, 1.165) is 5.56 Å². The van der Waals surface area contributed by atoms with Gasteiger partial charge in [-0.05, 0) is 25.0 Å². The number of carbonyl (C=O) groups is 2. The molecule has 6 heteroatoms. The van der Waals surface area contributed by atoms with E-state index >= 15 is 0 Å². The summed E-state index contributed by atoms with van der Waals surface area (Å²) in [5, 5.41) is 9.06. The van der Waals surface area contributed by atoms with Crippen LogP contribution in [0.25, 0.3) is 6.08 Å². The average Bonchev–Trinajstić information content (AvgIpc) is 2.58. The molecule has 1 fully saturated rings. The topological polar surface area (TPSA) is 76.1 Å². The van der Waals surface area contributed by atoms with Crippen molar-refractivity contribution in [3.8, 4) is 5.75 Å². The predicted molar refractivity (Wildman–Crippen MR) is 85.2 cm³/mol. The number of carboxylic acids is 1. The zero-order valence-corrected chi connectivity index (χ0v) is 13.1. The highest BCUT2D eigenvalue weighted by molar-refractivity contribution is 5.94. The lowest BCUT2D eigenvalue weighted by Crippen LogP contribution is -2.45. The van der Waals surface area contributed by atoms with E-state index in [-0.39, 0.29) is 18.5 Å². The summed E-state index contributed by atoms with van der Waals surface area (Å²) in [7, 11) is 1.56. The minimum Gasteiger partial charge on any atom is -0.496 e. The van der Waals surface area contributed by atoms with Gasteiger partial charge in [-0.3, -0.25) is 9.59 Å². The number of ether oxygens (including phenoxy) is 2. The third-order valence-electron chi connectivity index (χ3n) is 3.76. The Morgan fingerprint density at radius 1 is 1.35 bits per heavy atom. The average molecular weight is 319 g/mol. The Labute approximate surface area is 135 Å². The quantitative estimate of drug-likeness (QED) is 0.809. The lowest BCUT2D eigenvalue weighted by molar-refractivity contribution is -0.145. The summed E-state index contributed by atoms with van der Waals surface area (Å²) in [6, 6.07) is 7.22. The Hall–Kier alpha value is -2.34. The Kier molecular flexibility index (Phi) is 6.17. The number of hydrogen-bond donors (Lipinski definition) is 1. The molecular formula is C17H21NO5. The van der Waals surface area contributed by atoms with E-state index in [4.69, 9.17) is 14.6 Å². The molecule has 6 nitrogen and oxygen atoms in total. The standard InChI is InChI=1S/C17H21NO5/c1-22-15-5-3-2-4-13(15)6-7-16(19)18(12-17(20)21)14-8-10-23-11-9-14/h2-7,14H,8-12H2,1H3,(H,20,21)/b7-6-. The summed E-state index contributed by atoms with van der Waals surface area (Å²) in [6.45, 7) is 0.786. The minimum absolute atomic E-state index is 0.102. The first kappa shape index (κ1) is 17.0. The zero-order valence-electron chi connectivity index (χ0n) is 13.1. The second kappa shape index (κ2) is 8.33. The van der Waals surface area contributed by atoms with Gasteiger partial charge in [-0.1, -0.05) is 18.2 Å². The fraction of sp³-hybridized carbons (Fsp3) is 0.412. The molecule has 1 amide bonds. The molecule has 0 bridgehead atoms. The third-order valence-corrected chi connectivity index (χ3v) is 3.76. The van der Waals surface area contributed by atoms with Crippen molar-refractivity contribution >= 4 is 18.0 Å². The highest BCUT2D eigenvalue weighted by Crippen LogP contribution is 2.20. The van der Waals surface area contributed by atoms with Crippen LogP contribution in [0.2, 0.25) is 0 Å². The second-order valence-electron chi connectivity index (χ2n) is 5.28. The summed E-state index contributed by atoms with van der Waals surface area (Å²) in [4.78, 5) is 24.9. The number of rotatable bonds is 6. The lowest BCUT2D eigenvalue weighted by Gasteiger charge is -2.32. The molecule has 0 radical (unpaired) electrons. The van der Waals surface area contributed by atoms with Gasteiger partial charge in [-0.15, -0.1) is 0 Å². The molecule has 1 aromatic rings. The smallest absolute Gasteiger partial charge is 0.323 e. The largest absolute Gasteiger partial charge is 0.496 e. The summed E-state index contributed by atoms with van der Waals surface area (Å²) < 4.78 is 10.5. The van der Waals surface area contributed by atoms with Gasteiger partial charge in [0.2, 0.25) is 5.91 Å². The minimum atomic E-state index is -1.02. The molecule has 1 heterocycles.